The number of rotatable bonds is 10. The summed E-state index contributed by atoms with van der Waals surface area (Å²) < 4.78 is 0. The van der Waals surface area contributed by atoms with Gasteiger partial charge in [0.05, 0.1) is 5.69 Å². The van der Waals surface area contributed by atoms with Gasteiger partial charge in [-0.3, -0.25) is 4.79 Å². The van der Waals surface area contributed by atoms with Crippen molar-refractivity contribution in [1.29, 1.82) is 0 Å². The second kappa shape index (κ2) is 13.1. The molecule has 0 saturated carbocycles. The molecule has 196 valence electrons. The van der Waals surface area contributed by atoms with E-state index in [1.165, 1.54) is 30.6 Å². The number of urea groups is 1. The Morgan fingerprint density at radius 3 is 2.54 bits per heavy atom. The fourth-order valence-electron chi connectivity index (χ4n) is 4.23. The number of nitrogens with two attached hydrogens (primary N) is 1. The lowest BCUT2D eigenvalue weighted by Gasteiger charge is -2.26. The summed E-state index contributed by atoms with van der Waals surface area (Å²) >= 11 is 1.47. The van der Waals surface area contributed by atoms with Gasteiger partial charge in [0, 0.05) is 42.9 Å². The highest BCUT2D eigenvalue weighted by atomic mass is 32.1. The Bertz CT molecular complexity index is 1170. The molecule has 0 radical (unpaired) electrons. The maximum Gasteiger partial charge on any atom is 0.319 e. The molecule has 9 nitrogen and oxygen atoms in total. The zero-order chi connectivity index (χ0) is 26.0. The van der Waals surface area contributed by atoms with Crippen LogP contribution in [0.15, 0.2) is 48.7 Å². The number of anilines is 3. The zero-order valence-corrected chi connectivity index (χ0v) is 22.0. The summed E-state index contributed by atoms with van der Waals surface area (Å²) in [5, 5.41) is 12.0. The number of nitrogens with zero attached hydrogens (tertiary/aromatic N) is 2. The molecule has 1 aliphatic rings. The molecule has 1 fully saturated rings. The molecule has 3 amide bonds. The molecule has 0 atom stereocenters. The summed E-state index contributed by atoms with van der Waals surface area (Å²) in [6, 6.07) is 12.8. The van der Waals surface area contributed by atoms with Gasteiger partial charge in [0.25, 0.3) is 5.91 Å². The fraction of sp³-hybridized carbons (Fsp3) is 0.370. The van der Waals surface area contributed by atoms with Crippen LogP contribution < -0.4 is 27.0 Å². The first-order valence-electron chi connectivity index (χ1n) is 12.8. The molecular formula is C27H35N7O2S. The van der Waals surface area contributed by atoms with Crippen molar-refractivity contribution in [1.82, 2.24) is 20.5 Å². The van der Waals surface area contributed by atoms with E-state index in [0.29, 0.717) is 29.5 Å². The summed E-state index contributed by atoms with van der Waals surface area (Å²) in [6.07, 6.45) is 5.43. The monoisotopic (exact) mass is 521 g/mol. The third kappa shape index (κ3) is 7.68. The van der Waals surface area contributed by atoms with Crippen LogP contribution in [0, 0.1) is 0 Å². The summed E-state index contributed by atoms with van der Waals surface area (Å²) in [4.78, 5) is 33.3. The Hall–Kier alpha value is -3.63. The van der Waals surface area contributed by atoms with Crippen LogP contribution in [0.3, 0.4) is 0 Å². The van der Waals surface area contributed by atoms with E-state index in [2.05, 4.69) is 31.2 Å². The third-order valence-electron chi connectivity index (χ3n) is 6.20. The van der Waals surface area contributed by atoms with E-state index < -0.39 is 0 Å². The van der Waals surface area contributed by atoms with E-state index in [0.717, 1.165) is 47.9 Å². The smallest absolute Gasteiger partial charge is 0.319 e. The van der Waals surface area contributed by atoms with Gasteiger partial charge in [-0.2, -0.15) is 0 Å². The standard InChI is InChI=1S/C27H35N7O2S/c1-2-29-22-16-23(37-25(22)26(35)30-12-15-34-13-4-3-5-14-34)20-7-9-21(10-8-20)33-27(36)32-18-19-6-11-24(28)31-17-19/h6-11,16-17,29H,2-5,12-15,18H2,1H3,(H2,28,31)(H,30,35)(H2,32,33,36). The van der Waals surface area contributed by atoms with Crippen molar-refractivity contribution in [2.75, 3.05) is 49.1 Å². The van der Waals surface area contributed by atoms with Crippen LogP contribution >= 0.6 is 11.3 Å². The Labute approximate surface area is 221 Å². The molecule has 3 aromatic rings. The highest BCUT2D eigenvalue weighted by molar-refractivity contribution is 7.18. The number of thiophene rings is 1. The Morgan fingerprint density at radius 2 is 1.84 bits per heavy atom. The van der Waals surface area contributed by atoms with Gasteiger partial charge in [-0.25, -0.2) is 9.78 Å². The summed E-state index contributed by atoms with van der Waals surface area (Å²) in [6.45, 7) is 6.87. The molecule has 6 N–H and O–H groups in total. The number of carbonyl (C=O) groups excluding carboxylic acids is 2. The largest absolute Gasteiger partial charge is 0.384 e. The van der Waals surface area contributed by atoms with Gasteiger partial charge in [0.1, 0.15) is 10.7 Å². The number of pyridine rings is 1. The second-order valence-electron chi connectivity index (χ2n) is 9.02. The van der Waals surface area contributed by atoms with E-state index in [9.17, 15) is 9.59 Å². The minimum atomic E-state index is -0.307. The molecule has 1 aromatic carbocycles. The number of piperidine rings is 1. The lowest BCUT2D eigenvalue weighted by molar-refractivity contribution is 0.0951. The molecule has 37 heavy (non-hydrogen) atoms. The van der Waals surface area contributed by atoms with Gasteiger partial charge in [-0.05, 0) is 68.2 Å². The molecule has 0 unspecified atom stereocenters. The Morgan fingerprint density at radius 1 is 1.05 bits per heavy atom. The zero-order valence-electron chi connectivity index (χ0n) is 21.2. The molecule has 0 aliphatic carbocycles. The normalized spacial score (nSPS) is 13.6. The average molecular weight is 522 g/mol. The summed E-state index contributed by atoms with van der Waals surface area (Å²) in [5.74, 6) is 0.396. The highest BCUT2D eigenvalue weighted by Gasteiger charge is 2.18. The van der Waals surface area contributed by atoms with Crippen molar-refractivity contribution in [2.24, 2.45) is 0 Å². The van der Waals surface area contributed by atoms with Crippen LogP contribution in [0.4, 0.5) is 22.0 Å². The molecule has 2 aromatic heterocycles. The van der Waals surface area contributed by atoms with E-state index in [-0.39, 0.29) is 11.9 Å². The number of nitrogen functional groups attached to an aromatic ring is 1. The van der Waals surface area contributed by atoms with Crippen molar-refractivity contribution in [3.63, 3.8) is 0 Å². The van der Waals surface area contributed by atoms with Crippen molar-refractivity contribution in [2.45, 2.75) is 32.7 Å². The Kier molecular flexibility index (Phi) is 9.34. The number of benzene rings is 1. The number of hydrogen-bond donors (Lipinski definition) is 5. The molecular weight excluding hydrogens is 486 g/mol. The van der Waals surface area contributed by atoms with E-state index in [1.54, 1.807) is 12.3 Å². The average Bonchev–Trinajstić information content (AvgIpc) is 3.33. The van der Waals surface area contributed by atoms with Crippen LogP contribution in [-0.2, 0) is 6.54 Å². The van der Waals surface area contributed by atoms with E-state index >= 15 is 0 Å². The topological polar surface area (TPSA) is 124 Å². The first-order valence-corrected chi connectivity index (χ1v) is 13.6. The van der Waals surface area contributed by atoms with Gasteiger partial charge in [0.15, 0.2) is 0 Å². The molecule has 3 heterocycles. The molecule has 0 spiro atoms. The summed E-state index contributed by atoms with van der Waals surface area (Å²) in [5.41, 5.74) is 8.95. The molecule has 1 aliphatic heterocycles. The number of likely N-dealkylation sites (tertiary alicyclic amines) is 1. The minimum absolute atomic E-state index is 0.0459. The second-order valence-corrected chi connectivity index (χ2v) is 10.1. The first kappa shape index (κ1) is 26.4. The molecule has 1 saturated heterocycles. The molecule has 10 heteroatoms. The fourth-order valence-corrected chi connectivity index (χ4v) is 5.29. The number of carbonyl (C=O) groups is 2. The van der Waals surface area contributed by atoms with Crippen LogP contribution in [0.25, 0.3) is 10.4 Å². The van der Waals surface area contributed by atoms with Gasteiger partial charge < -0.3 is 31.9 Å². The maximum absolute atomic E-state index is 13.0. The van der Waals surface area contributed by atoms with Gasteiger partial charge >= 0.3 is 6.03 Å². The van der Waals surface area contributed by atoms with Crippen molar-refractivity contribution < 1.29 is 9.59 Å². The predicted octanol–water partition coefficient (Wildman–Crippen LogP) is 4.36. The highest BCUT2D eigenvalue weighted by Crippen LogP contribution is 2.35. The quantitative estimate of drug-likeness (QED) is 0.270. The van der Waals surface area contributed by atoms with Crippen LogP contribution in [0.5, 0.6) is 0 Å². The number of nitrogens with one attached hydrogen (secondary N) is 4. The van der Waals surface area contributed by atoms with Gasteiger partial charge in [-0.1, -0.05) is 24.6 Å². The number of amides is 3. The summed E-state index contributed by atoms with van der Waals surface area (Å²) in [7, 11) is 0. The predicted molar refractivity (Wildman–Crippen MR) is 151 cm³/mol. The van der Waals surface area contributed by atoms with Gasteiger partial charge in [-0.15, -0.1) is 11.3 Å². The Balaban J connectivity index is 1.33. The molecule has 4 rings (SSSR count). The van der Waals surface area contributed by atoms with Crippen molar-refractivity contribution in [3.05, 3.63) is 59.1 Å². The minimum Gasteiger partial charge on any atom is -0.384 e. The maximum atomic E-state index is 13.0. The first-order chi connectivity index (χ1) is 18.0. The van der Waals surface area contributed by atoms with Crippen molar-refractivity contribution in [3.8, 4) is 10.4 Å². The number of aromatic nitrogens is 1. The van der Waals surface area contributed by atoms with E-state index in [4.69, 9.17) is 5.73 Å². The molecule has 0 bridgehead atoms. The lowest BCUT2D eigenvalue weighted by Crippen LogP contribution is -2.37. The van der Waals surface area contributed by atoms with Gasteiger partial charge in [0.2, 0.25) is 0 Å². The van der Waals surface area contributed by atoms with Crippen LogP contribution in [0.1, 0.15) is 41.4 Å². The SMILES string of the molecule is CCNc1cc(-c2ccc(NC(=O)NCc3ccc(N)nc3)cc2)sc1C(=O)NCCN1CCCCC1. The van der Waals surface area contributed by atoms with E-state index in [1.807, 2.05) is 43.3 Å². The van der Waals surface area contributed by atoms with Crippen LogP contribution in [0.2, 0.25) is 0 Å². The van der Waals surface area contributed by atoms with Crippen molar-refractivity contribution >= 4 is 40.5 Å². The lowest BCUT2D eigenvalue weighted by atomic mass is 10.1. The third-order valence-corrected chi connectivity index (χ3v) is 7.38. The number of hydrogen-bond acceptors (Lipinski definition) is 7. The van der Waals surface area contributed by atoms with Crippen LogP contribution in [-0.4, -0.2) is 54.5 Å².